The Morgan fingerprint density at radius 1 is 1.19 bits per heavy atom. The smallest absolute Gasteiger partial charge is 0.261 e. The number of fused-ring (bicyclic) bond motifs is 2. The first-order chi connectivity index (χ1) is 13.3. The largest absolute Gasteiger partial charge is 0.344 e. The maximum Gasteiger partial charge on any atom is 0.261 e. The van der Waals surface area contributed by atoms with Crippen LogP contribution in [0.1, 0.15) is 62.2 Å². The van der Waals surface area contributed by atoms with Crippen LogP contribution in [0.5, 0.6) is 0 Å². The Balaban J connectivity index is 1.34. The van der Waals surface area contributed by atoms with E-state index in [2.05, 4.69) is 45.4 Å². The van der Waals surface area contributed by atoms with Crippen molar-refractivity contribution in [2.75, 3.05) is 0 Å². The van der Waals surface area contributed by atoms with Crippen LogP contribution in [0.25, 0.3) is 0 Å². The second-order valence-electron chi connectivity index (χ2n) is 7.52. The van der Waals surface area contributed by atoms with Crippen LogP contribution in [-0.4, -0.2) is 15.7 Å². The van der Waals surface area contributed by atoms with Gasteiger partial charge in [-0.15, -0.1) is 11.3 Å². The van der Waals surface area contributed by atoms with E-state index in [1.807, 2.05) is 12.3 Å². The van der Waals surface area contributed by atoms with Crippen molar-refractivity contribution in [1.29, 1.82) is 0 Å². The molecule has 138 valence electrons. The fourth-order valence-electron chi connectivity index (χ4n) is 4.33. The number of nitrogens with zero attached hydrogens (tertiary/aromatic N) is 2. The van der Waals surface area contributed by atoms with E-state index < -0.39 is 0 Å². The van der Waals surface area contributed by atoms with Gasteiger partial charge in [-0.05, 0) is 55.7 Å². The predicted octanol–water partition coefficient (Wildman–Crippen LogP) is 4.29. The molecule has 27 heavy (non-hydrogen) atoms. The van der Waals surface area contributed by atoms with Crippen LogP contribution in [0.4, 0.5) is 0 Å². The maximum atomic E-state index is 12.8. The van der Waals surface area contributed by atoms with E-state index in [0.717, 1.165) is 43.5 Å². The summed E-state index contributed by atoms with van der Waals surface area (Å²) in [5, 5.41) is 7.91. The Kier molecular flexibility index (Phi) is 4.32. The summed E-state index contributed by atoms with van der Waals surface area (Å²) in [5.74, 6) is 0.0723. The zero-order valence-electron chi connectivity index (χ0n) is 15.3. The molecule has 2 aromatic heterocycles. The van der Waals surface area contributed by atoms with Crippen LogP contribution in [-0.2, 0) is 25.8 Å². The Hall–Kier alpha value is -2.40. The van der Waals surface area contributed by atoms with Gasteiger partial charge >= 0.3 is 0 Å². The van der Waals surface area contributed by atoms with Crippen molar-refractivity contribution >= 4 is 17.2 Å². The lowest BCUT2D eigenvalue weighted by Gasteiger charge is -2.24. The third-order valence-corrected chi connectivity index (χ3v) is 6.95. The highest BCUT2D eigenvalue weighted by molar-refractivity contribution is 7.14. The maximum absolute atomic E-state index is 12.8. The molecule has 5 heteroatoms. The van der Waals surface area contributed by atoms with Gasteiger partial charge in [0.25, 0.3) is 5.91 Å². The van der Waals surface area contributed by atoms with Gasteiger partial charge in [-0.3, -0.25) is 9.48 Å². The predicted molar refractivity (Wildman–Crippen MR) is 107 cm³/mol. The topological polar surface area (TPSA) is 46.9 Å². The molecular formula is C22H23N3OS. The highest BCUT2D eigenvalue weighted by Crippen LogP contribution is 2.33. The van der Waals surface area contributed by atoms with Gasteiger partial charge in [0.15, 0.2) is 0 Å². The zero-order valence-corrected chi connectivity index (χ0v) is 16.1. The Labute approximate surface area is 163 Å². The van der Waals surface area contributed by atoms with Crippen LogP contribution in [0.15, 0.2) is 42.6 Å². The molecule has 0 saturated carbocycles. The number of amides is 1. The third kappa shape index (κ3) is 3.21. The molecule has 3 aromatic rings. The monoisotopic (exact) mass is 377 g/mol. The van der Waals surface area contributed by atoms with Gasteiger partial charge in [-0.2, -0.15) is 5.10 Å². The molecule has 1 unspecified atom stereocenters. The Morgan fingerprint density at radius 3 is 2.93 bits per heavy atom. The van der Waals surface area contributed by atoms with Crippen LogP contribution >= 0.6 is 11.3 Å². The summed E-state index contributed by atoms with van der Waals surface area (Å²) in [5.41, 5.74) is 5.09. The molecule has 1 amide bonds. The average Bonchev–Trinajstić information content (AvgIpc) is 3.38. The molecule has 0 saturated heterocycles. The zero-order chi connectivity index (χ0) is 18.2. The number of carbonyl (C=O) groups is 1. The van der Waals surface area contributed by atoms with Gasteiger partial charge in [0.1, 0.15) is 0 Å². The van der Waals surface area contributed by atoms with Crippen molar-refractivity contribution in [3.63, 3.8) is 0 Å². The van der Waals surface area contributed by atoms with E-state index in [1.165, 1.54) is 33.7 Å². The minimum atomic E-state index is 0.0720. The number of benzene rings is 1. The van der Waals surface area contributed by atoms with Gasteiger partial charge < -0.3 is 5.32 Å². The van der Waals surface area contributed by atoms with Crippen molar-refractivity contribution in [1.82, 2.24) is 15.1 Å². The molecule has 0 spiro atoms. The minimum absolute atomic E-state index is 0.0720. The quantitative estimate of drug-likeness (QED) is 0.737. The normalized spacial score (nSPS) is 18.1. The molecule has 2 aliphatic rings. The molecule has 0 aliphatic heterocycles. The van der Waals surface area contributed by atoms with Crippen molar-refractivity contribution in [2.24, 2.45) is 0 Å². The molecule has 0 radical (unpaired) electrons. The van der Waals surface area contributed by atoms with Gasteiger partial charge in [-0.25, -0.2) is 0 Å². The van der Waals surface area contributed by atoms with Crippen LogP contribution < -0.4 is 5.32 Å². The first kappa shape index (κ1) is 16.8. The number of aryl methyl sites for hydroxylation is 2. The molecule has 2 aliphatic carbocycles. The molecule has 1 N–H and O–H groups in total. The fourth-order valence-corrected chi connectivity index (χ4v) is 5.49. The summed E-state index contributed by atoms with van der Waals surface area (Å²) in [7, 11) is 0. The lowest BCUT2D eigenvalue weighted by molar-refractivity contribution is 0.0936. The second kappa shape index (κ2) is 6.97. The summed E-state index contributed by atoms with van der Waals surface area (Å²) < 4.78 is 2.10. The van der Waals surface area contributed by atoms with Gasteiger partial charge in [-0.1, -0.05) is 30.3 Å². The lowest BCUT2D eigenvalue weighted by atomic mass is 9.93. The minimum Gasteiger partial charge on any atom is -0.344 e. The number of hydrogen-bond acceptors (Lipinski definition) is 3. The highest BCUT2D eigenvalue weighted by atomic mass is 32.1. The summed E-state index contributed by atoms with van der Waals surface area (Å²) in [6, 6.07) is 12.6. The SMILES string of the molecule is O=C(NC1CCCc2c1cnn2Cc1ccccc1)c1cc2c(s1)CCC2. The highest BCUT2D eigenvalue weighted by Gasteiger charge is 2.27. The van der Waals surface area contributed by atoms with Gasteiger partial charge in [0, 0.05) is 16.1 Å². The van der Waals surface area contributed by atoms with E-state index in [-0.39, 0.29) is 11.9 Å². The molecular weight excluding hydrogens is 354 g/mol. The molecule has 0 bridgehead atoms. The first-order valence-corrected chi connectivity index (χ1v) is 10.6. The van der Waals surface area contributed by atoms with Crippen LogP contribution in [0, 0.1) is 0 Å². The van der Waals surface area contributed by atoms with Crippen molar-refractivity contribution in [2.45, 2.75) is 51.1 Å². The van der Waals surface area contributed by atoms with Crippen LogP contribution in [0.3, 0.4) is 0 Å². The lowest BCUT2D eigenvalue weighted by Crippen LogP contribution is -2.30. The number of rotatable bonds is 4. The second-order valence-corrected chi connectivity index (χ2v) is 8.66. The van der Waals surface area contributed by atoms with E-state index in [0.29, 0.717) is 0 Å². The fraction of sp³-hybridized carbons (Fsp3) is 0.364. The Bertz CT molecular complexity index is 951. The summed E-state index contributed by atoms with van der Waals surface area (Å²) >= 11 is 1.67. The Morgan fingerprint density at radius 2 is 2.07 bits per heavy atom. The standard InChI is InChI=1S/C22H23N3OS/c26-22(21-12-16-8-4-11-20(16)27-21)24-18-9-5-10-19-17(18)13-23-25(19)14-15-6-2-1-3-7-15/h1-3,6-7,12-13,18H,4-5,8-11,14H2,(H,24,26). The third-order valence-electron chi connectivity index (χ3n) is 5.71. The van der Waals surface area contributed by atoms with E-state index in [4.69, 9.17) is 0 Å². The van der Waals surface area contributed by atoms with Crippen LogP contribution in [0.2, 0.25) is 0 Å². The van der Waals surface area contributed by atoms with E-state index in [9.17, 15) is 4.79 Å². The molecule has 5 rings (SSSR count). The molecule has 0 fully saturated rings. The molecule has 1 atom stereocenters. The van der Waals surface area contributed by atoms with Crippen molar-refractivity contribution < 1.29 is 4.79 Å². The number of aromatic nitrogens is 2. The number of thiophene rings is 1. The summed E-state index contributed by atoms with van der Waals surface area (Å²) in [6.07, 6.45) is 8.54. The first-order valence-electron chi connectivity index (χ1n) is 9.79. The average molecular weight is 378 g/mol. The van der Waals surface area contributed by atoms with Crippen molar-refractivity contribution in [3.8, 4) is 0 Å². The summed E-state index contributed by atoms with van der Waals surface area (Å²) in [4.78, 5) is 15.1. The number of hydrogen-bond donors (Lipinski definition) is 1. The van der Waals surface area contributed by atoms with E-state index >= 15 is 0 Å². The van der Waals surface area contributed by atoms with Gasteiger partial charge in [0.2, 0.25) is 0 Å². The molecule has 1 aromatic carbocycles. The molecule has 4 nitrogen and oxygen atoms in total. The number of carbonyl (C=O) groups excluding carboxylic acids is 1. The molecule has 2 heterocycles. The van der Waals surface area contributed by atoms with Gasteiger partial charge in [0.05, 0.1) is 23.7 Å². The van der Waals surface area contributed by atoms with E-state index in [1.54, 1.807) is 11.3 Å². The van der Waals surface area contributed by atoms with Crippen molar-refractivity contribution in [3.05, 3.63) is 74.7 Å². The summed E-state index contributed by atoms with van der Waals surface area (Å²) in [6.45, 7) is 0.786. The number of nitrogens with one attached hydrogen (secondary N) is 1.